The van der Waals surface area contributed by atoms with Crippen molar-refractivity contribution >= 4 is 5.69 Å². The van der Waals surface area contributed by atoms with E-state index in [1.54, 1.807) is 19.2 Å². The SMILES string of the molecule is COc1ccc(NC(C)c2ccc(F)cc2)cc1. The van der Waals surface area contributed by atoms with Gasteiger partial charge in [-0.3, -0.25) is 0 Å². The van der Waals surface area contributed by atoms with Crippen LogP contribution in [-0.2, 0) is 0 Å². The molecule has 0 aliphatic heterocycles. The molecule has 94 valence electrons. The average Bonchev–Trinajstić information content (AvgIpc) is 2.40. The zero-order valence-electron chi connectivity index (χ0n) is 10.5. The lowest BCUT2D eigenvalue weighted by Gasteiger charge is -2.16. The number of rotatable bonds is 4. The Morgan fingerprint density at radius 1 is 1.00 bits per heavy atom. The Balaban J connectivity index is 2.05. The van der Waals surface area contributed by atoms with Gasteiger partial charge in [-0.15, -0.1) is 0 Å². The molecule has 2 aromatic rings. The van der Waals surface area contributed by atoms with Crippen molar-refractivity contribution in [2.45, 2.75) is 13.0 Å². The van der Waals surface area contributed by atoms with Gasteiger partial charge in [-0.1, -0.05) is 12.1 Å². The van der Waals surface area contributed by atoms with Crippen LogP contribution in [0.4, 0.5) is 10.1 Å². The minimum absolute atomic E-state index is 0.124. The molecule has 1 unspecified atom stereocenters. The molecular weight excluding hydrogens is 229 g/mol. The lowest BCUT2D eigenvalue weighted by Crippen LogP contribution is -2.06. The van der Waals surface area contributed by atoms with Gasteiger partial charge in [-0.2, -0.15) is 0 Å². The first-order valence-electron chi connectivity index (χ1n) is 5.85. The van der Waals surface area contributed by atoms with Crippen molar-refractivity contribution < 1.29 is 9.13 Å². The lowest BCUT2D eigenvalue weighted by atomic mass is 10.1. The van der Waals surface area contributed by atoms with E-state index < -0.39 is 0 Å². The fourth-order valence-corrected chi connectivity index (χ4v) is 1.77. The second-order valence-electron chi connectivity index (χ2n) is 4.15. The number of nitrogens with one attached hydrogen (secondary N) is 1. The van der Waals surface area contributed by atoms with Gasteiger partial charge in [-0.25, -0.2) is 4.39 Å². The second kappa shape index (κ2) is 5.54. The van der Waals surface area contributed by atoms with Crippen LogP contribution in [0.25, 0.3) is 0 Å². The second-order valence-corrected chi connectivity index (χ2v) is 4.15. The minimum atomic E-state index is -0.213. The van der Waals surface area contributed by atoms with Crippen LogP contribution in [-0.4, -0.2) is 7.11 Å². The van der Waals surface area contributed by atoms with Crippen molar-refractivity contribution in [3.8, 4) is 5.75 Å². The number of methoxy groups -OCH3 is 1. The maximum atomic E-state index is 12.8. The molecule has 0 aromatic heterocycles. The third kappa shape index (κ3) is 3.00. The van der Waals surface area contributed by atoms with Crippen molar-refractivity contribution in [1.82, 2.24) is 0 Å². The summed E-state index contributed by atoms with van der Waals surface area (Å²) in [4.78, 5) is 0. The molecule has 0 radical (unpaired) electrons. The Labute approximate surface area is 106 Å². The summed E-state index contributed by atoms with van der Waals surface area (Å²) in [6, 6.07) is 14.4. The Bertz CT molecular complexity index is 493. The summed E-state index contributed by atoms with van der Waals surface area (Å²) in [5.74, 6) is 0.616. The zero-order chi connectivity index (χ0) is 13.0. The van der Waals surface area contributed by atoms with Gasteiger partial charge in [0.05, 0.1) is 7.11 Å². The Morgan fingerprint density at radius 2 is 1.61 bits per heavy atom. The van der Waals surface area contributed by atoms with Crippen LogP contribution >= 0.6 is 0 Å². The van der Waals surface area contributed by atoms with Gasteiger partial charge in [0, 0.05) is 11.7 Å². The molecule has 2 nitrogen and oxygen atoms in total. The first-order chi connectivity index (χ1) is 8.69. The molecule has 0 aliphatic carbocycles. The van der Waals surface area contributed by atoms with E-state index in [2.05, 4.69) is 5.32 Å². The number of hydrogen-bond acceptors (Lipinski definition) is 2. The predicted octanol–water partition coefficient (Wildman–Crippen LogP) is 4.01. The van der Waals surface area contributed by atoms with Crippen molar-refractivity contribution in [3.63, 3.8) is 0 Å². The van der Waals surface area contributed by atoms with Crippen LogP contribution in [0, 0.1) is 5.82 Å². The largest absolute Gasteiger partial charge is 0.497 e. The van der Waals surface area contributed by atoms with E-state index in [0.717, 1.165) is 17.0 Å². The van der Waals surface area contributed by atoms with Gasteiger partial charge < -0.3 is 10.1 Å². The van der Waals surface area contributed by atoms with E-state index >= 15 is 0 Å². The molecule has 0 aliphatic rings. The summed E-state index contributed by atoms with van der Waals surface area (Å²) in [7, 11) is 1.64. The Hall–Kier alpha value is -2.03. The number of benzene rings is 2. The number of ether oxygens (including phenoxy) is 1. The van der Waals surface area contributed by atoms with Crippen LogP contribution in [0.2, 0.25) is 0 Å². The molecule has 0 heterocycles. The molecule has 18 heavy (non-hydrogen) atoms. The maximum absolute atomic E-state index is 12.8. The fourth-order valence-electron chi connectivity index (χ4n) is 1.77. The van der Waals surface area contributed by atoms with E-state index in [1.807, 2.05) is 31.2 Å². The smallest absolute Gasteiger partial charge is 0.123 e. The third-order valence-electron chi connectivity index (χ3n) is 2.84. The van der Waals surface area contributed by atoms with Crippen molar-refractivity contribution in [2.75, 3.05) is 12.4 Å². The Morgan fingerprint density at radius 3 is 2.17 bits per heavy atom. The summed E-state index contributed by atoms with van der Waals surface area (Å²) in [5.41, 5.74) is 2.06. The van der Waals surface area contributed by atoms with Crippen LogP contribution in [0.3, 0.4) is 0 Å². The highest BCUT2D eigenvalue weighted by Gasteiger charge is 2.05. The minimum Gasteiger partial charge on any atom is -0.497 e. The molecule has 3 heteroatoms. The molecular formula is C15H16FNO. The molecule has 1 atom stereocenters. The monoisotopic (exact) mass is 245 g/mol. The van der Waals surface area contributed by atoms with Crippen LogP contribution in [0.15, 0.2) is 48.5 Å². The summed E-state index contributed by atoms with van der Waals surface area (Å²) >= 11 is 0. The highest BCUT2D eigenvalue weighted by Crippen LogP contribution is 2.21. The van der Waals surface area contributed by atoms with Gasteiger partial charge in [0.1, 0.15) is 11.6 Å². The summed E-state index contributed by atoms with van der Waals surface area (Å²) < 4.78 is 17.9. The van der Waals surface area contributed by atoms with Crippen molar-refractivity contribution in [1.29, 1.82) is 0 Å². The van der Waals surface area contributed by atoms with E-state index in [-0.39, 0.29) is 11.9 Å². The quantitative estimate of drug-likeness (QED) is 0.878. The van der Waals surface area contributed by atoms with Gasteiger partial charge in [-0.05, 0) is 48.9 Å². The third-order valence-corrected chi connectivity index (χ3v) is 2.84. The first kappa shape index (κ1) is 12.4. The van der Waals surface area contributed by atoms with Gasteiger partial charge in [0.25, 0.3) is 0 Å². The topological polar surface area (TPSA) is 21.3 Å². The zero-order valence-corrected chi connectivity index (χ0v) is 10.5. The van der Waals surface area contributed by atoms with Crippen LogP contribution < -0.4 is 10.1 Å². The van der Waals surface area contributed by atoms with Gasteiger partial charge in [0.15, 0.2) is 0 Å². The predicted molar refractivity (Wildman–Crippen MR) is 71.4 cm³/mol. The van der Waals surface area contributed by atoms with Crippen LogP contribution in [0.1, 0.15) is 18.5 Å². The molecule has 0 fully saturated rings. The van der Waals surface area contributed by atoms with Crippen molar-refractivity contribution in [2.24, 2.45) is 0 Å². The summed E-state index contributed by atoms with van der Waals surface area (Å²) in [5, 5.41) is 3.35. The first-order valence-corrected chi connectivity index (χ1v) is 5.85. The molecule has 0 saturated carbocycles. The van der Waals surface area contributed by atoms with Crippen molar-refractivity contribution in [3.05, 3.63) is 59.9 Å². The van der Waals surface area contributed by atoms with E-state index in [9.17, 15) is 4.39 Å². The molecule has 0 bridgehead atoms. The number of halogens is 1. The van der Waals surface area contributed by atoms with E-state index in [4.69, 9.17) is 4.74 Å². The molecule has 2 aromatic carbocycles. The Kier molecular flexibility index (Phi) is 3.82. The fraction of sp³-hybridized carbons (Fsp3) is 0.200. The summed E-state index contributed by atoms with van der Waals surface area (Å²) in [6.45, 7) is 2.04. The van der Waals surface area contributed by atoms with Gasteiger partial charge in [0.2, 0.25) is 0 Å². The molecule has 2 rings (SSSR count). The standard InChI is InChI=1S/C15H16FNO/c1-11(12-3-5-13(16)6-4-12)17-14-7-9-15(18-2)10-8-14/h3-11,17H,1-2H3. The maximum Gasteiger partial charge on any atom is 0.123 e. The normalized spacial score (nSPS) is 11.9. The molecule has 0 saturated heterocycles. The number of hydrogen-bond donors (Lipinski definition) is 1. The average molecular weight is 245 g/mol. The molecule has 0 spiro atoms. The summed E-state index contributed by atoms with van der Waals surface area (Å²) in [6.07, 6.45) is 0. The van der Waals surface area contributed by atoms with Crippen LogP contribution in [0.5, 0.6) is 5.75 Å². The van der Waals surface area contributed by atoms with E-state index in [0.29, 0.717) is 0 Å². The van der Waals surface area contributed by atoms with E-state index in [1.165, 1.54) is 12.1 Å². The molecule has 0 amide bonds. The highest BCUT2D eigenvalue weighted by atomic mass is 19.1. The highest BCUT2D eigenvalue weighted by molar-refractivity contribution is 5.48. The van der Waals surface area contributed by atoms with Gasteiger partial charge >= 0.3 is 0 Å². The molecule has 1 N–H and O–H groups in total. The number of anilines is 1. The lowest BCUT2D eigenvalue weighted by molar-refractivity contribution is 0.415.